The van der Waals surface area contributed by atoms with Gasteiger partial charge in [-0.2, -0.15) is 0 Å². The second-order valence-corrected chi connectivity index (χ2v) is 7.99. The van der Waals surface area contributed by atoms with Gasteiger partial charge in [-0.3, -0.25) is 9.59 Å². The van der Waals surface area contributed by atoms with E-state index in [4.69, 9.17) is 4.74 Å². The van der Waals surface area contributed by atoms with Gasteiger partial charge in [0, 0.05) is 11.6 Å². The van der Waals surface area contributed by atoms with E-state index in [9.17, 15) is 9.59 Å². The number of unbranched alkanes of at least 4 members (excludes halogenated alkanes) is 2. The van der Waals surface area contributed by atoms with E-state index >= 15 is 0 Å². The van der Waals surface area contributed by atoms with E-state index in [1.807, 2.05) is 6.07 Å². The topological polar surface area (TPSA) is 67.4 Å². The number of nitrogens with one attached hydrogen (secondary N) is 2. The van der Waals surface area contributed by atoms with E-state index < -0.39 is 6.04 Å². The predicted octanol–water partition coefficient (Wildman–Crippen LogP) is 4.05. The van der Waals surface area contributed by atoms with Crippen molar-refractivity contribution in [3.63, 3.8) is 0 Å². The molecule has 0 aliphatic heterocycles. The van der Waals surface area contributed by atoms with Crippen LogP contribution in [0.3, 0.4) is 0 Å². The molecule has 0 aromatic heterocycles. The number of amides is 2. The highest BCUT2D eigenvalue weighted by molar-refractivity contribution is 5.97. The number of carbonyl (C=O) groups excluding carboxylic acids is 2. The Morgan fingerprint density at radius 3 is 2.53 bits per heavy atom. The summed E-state index contributed by atoms with van der Waals surface area (Å²) in [7, 11) is 0. The molecule has 0 radical (unpaired) electrons. The Labute approximate surface area is 179 Å². The maximum Gasteiger partial charge on any atom is 0.251 e. The van der Waals surface area contributed by atoms with Gasteiger partial charge < -0.3 is 15.4 Å². The van der Waals surface area contributed by atoms with Gasteiger partial charge in [0.2, 0.25) is 5.91 Å². The summed E-state index contributed by atoms with van der Waals surface area (Å²) in [4.78, 5) is 25.1. The largest absolute Gasteiger partial charge is 0.494 e. The molecule has 0 saturated heterocycles. The summed E-state index contributed by atoms with van der Waals surface area (Å²) < 4.78 is 5.68. The van der Waals surface area contributed by atoms with Crippen molar-refractivity contribution in [3.05, 3.63) is 65.2 Å². The summed E-state index contributed by atoms with van der Waals surface area (Å²) in [5, 5.41) is 5.88. The summed E-state index contributed by atoms with van der Waals surface area (Å²) in [6.07, 6.45) is 6.05. The Kier molecular flexibility index (Phi) is 7.89. The summed E-state index contributed by atoms with van der Waals surface area (Å²) >= 11 is 0. The molecule has 5 nitrogen and oxygen atoms in total. The molecule has 1 aliphatic carbocycles. The van der Waals surface area contributed by atoms with Gasteiger partial charge in [0.15, 0.2) is 0 Å². The fraction of sp³-hybridized carbons (Fsp3) is 0.440. The minimum absolute atomic E-state index is 0.107. The van der Waals surface area contributed by atoms with Crippen LogP contribution >= 0.6 is 0 Å². The number of fused-ring (bicyclic) bond motifs is 1. The van der Waals surface area contributed by atoms with Crippen LogP contribution in [-0.2, 0) is 17.6 Å². The molecule has 5 heteroatoms. The van der Waals surface area contributed by atoms with E-state index in [0.717, 1.165) is 44.3 Å². The molecule has 2 aromatic carbocycles. The average Bonchev–Trinajstić information content (AvgIpc) is 2.77. The first-order valence-electron chi connectivity index (χ1n) is 11.0. The van der Waals surface area contributed by atoms with Crippen molar-refractivity contribution in [1.29, 1.82) is 0 Å². The molecule has 2 N–H and O–H groups in total. The van der Waals surface area contributed by atoms with Crippen LogP contribution in [-0.4, -0.2) is 30.5 Å². The van der Waals surface area contributed by atoms with Gasteiger partial charge in [0.05, 0.1) is 6.61 Å². The molecule has 0 heterocycles. The quantitative estimate of drug-likeness (QED) is 0.615. The highest BCUT2D eigenvalue weighted by atomic mass is 16.5. The van der Waals surface area contributed by atoms with Gasteiger partial charge in [-0.05, 0) is 68.0 Å². The van der Waals surface area contributed by atoms with E-state index in [-0.39, 0.29) is 17.9 Å². The number of rotatable bonds is 9. The SMILES string of the molecule is CCCCCOc1ccc(C(=O)NC(C)C(=O)NC2CCc3ccccc3C2)cc1. The highest BCUT2D eigenvalue weighted by Gasteiger charge is 2.23. The molecule has 0 fully saturated rings. The van der Waals surface area contributed by atoms with Gasteiger partial charge in [-0.25, -0.2) is 0 Å². The van der Waals surface area contributed by atoms with Crippen molar-refractivity contribution >= 4 is 11.8 Å². The van der Waals surface area contributed by atoms with Crippen LogP contribution in [0.2, 0.25) is 0 Å². The van der Waals surface area contributed by atoms with Crippen LogP contribution in [0.15, 0.2) is 48.5 Å². The summed E-state index contributed by atoms with van der Waals surface area (Å²) in [5.41, 5.74) is 3.17. The number of benzene rings is 2. The lowest BCUT2D eigenvalue weighted by Crippen LogP contribution is -2.49. The molecule has 0 bridgehead atoms. The molecule has 160 valence electrons. The summed E-state index contributed by atoms with van der Waals surface area (Å²) in [5.74, 6) is 0.346. The second kappa shape index (κ2) is 10.8. The van der Waals surface area contributed by atoms with Crippen molar-refractivity contribution in [3.8, 4) is 5.75 Å². The molecular formula is C25H32N2O3. The third-order valence-electron chi connectivity index (χ3n) is 5.57. The molecule has 0 saturated carbocycles. The third-order valence-corrected chi connectivity index (χ3v) is 5.57. The number of hydrogen-bond donors (Lipinski definition) is 2. The average molecular weight is 409 g/mol. The smallest absolute Gasteiger partial charge is 0.251 e. The number of aryl methyl sites for hydroxylation is 1. The first-order chi connectivity index (χ1) is 14.6. The Balaban J connectivity index is 1.46. The van der Waals surface area contributed by atoms with Gasteiger partial charge in [-0.1, -0.05) is 44.0 Å². The standard InChI is InChI=1S/C25H32N2O3/c1-3-4-7-16-30-23-14-11-20(12-15-23)25(29)26-18(2)24(28)27-22-13-10-19-8-5-6-9-21(19)17-22/h5-6,8-9,11-12,14-15,18,22H,3-4,7,10,13,16-17H2,1-2H3,(H,26,29)(H,27,28). The van der Waals surface area contributed by atoms with Crippen LogP contribution in [0.4, 0.5) is 0 Å². The van der Waals surface area contributed by atoms with Crippen molar-refractivity contribution in [2.75, 3.05) is 6.61 Å². The third kappa shape index (κ3) is 6.09. The fourth-order valence-electron chi connectivity index (χ4n) is 3.74. The minimum Gasteiger partial charge on any atom is -0.494 e. The molecule has 30 heavy (non-hydrogen) atoms. The van der Waals surface area contributed by atoms with E-state index in [0.29, 0.717) is 12.2 Å². The van der Waals surface area contributed by atoms with Crippen molar-refractivity contribution in [2.24, 2.45) is 0 Å². The Morgan fingerprint density at radius 2 is 1.80 bits per heavy atom. The maximum atomic E-state index is 12.6. The number of carbonyl (C=O) groups is 2. The van der Waals surface area contributed by atoms with Crippen LogP contribution in [0.25, 0.3) is 0 Å². The second-order valence-electron chi connectivity index (χ2n) is 7.99. The van der Waals surface area contributed by atoms with Crippen LogP contribution < -0.4 is 15.4 Å². The highest BCUT2D eigenvalue weighted by Crippen LogP contribution is 2.21. The Morgan fingerprint density at radius 1 is 1.07 bits per heavy atom. The fourth-order valence-corrected chi connectivity index (χ4v) is 3.74. The molecule has 1 aliphatic rings. The Hall–Kier alpha value is -2.82. The normalized spacial score (nSPS) is 16.3. The molecule has 2 unspecified atom stereocenters. The predicted molar refractivity (Wildman–Crippen MR) is 119 cm³/mol. The van der Waals surface area contributed by atoms with Gasteiger partial charge in [0.1, 0.15) is 11.8 Å². The zero-order valence-corrected chi connectivity index (χ0v) is 17.9. The summed E-state index contributed by atoms with van der Waals surface area (Å²) in [6.45, 7) is 4.56. The lowest BCUT2D eigenvalue weighted by atomic mass is 9.88. The molecule has 2 atom stereocenters. The first kappa shape index (κ1) is 21.9. The maximum absolute atomic E-state index is 12.6. The van der Waals surface area contributed by atoms with Gasteiger partial charge >= 0.3 is 0 Å². The monoisotopic (exact) mass is 408 g/mol. The lowest BCUT2D eigenvalue weighted by Gasteiger charge is -2.26. The first-order valence-corrected chi connectivity index (χ1v) is 11.0. The minimum atomic E-state index is -0.598. The van der Waals surface area contributed by atoms with Crippen LogP contribution in [0.1, 0.15) is 61.0 Å². The lowest BCUT2D eigenvalue weighted by molar-refractivity contribution is -0.123. The summed E-state index contributed by atoms with van der Waals surface area (Å²) in [6, 6.07) is 14.9. The van der Waals surface area contributed by atoms with E-state index in [1.165, 1.54) is 11.1 Å². The van der Waals surface area contributed by atoms with Gasteiger partial charge in [-0.15, -0.1) is 0 Å². The van der Waals surface area contributed by atoms with Crippen molar-refractivity contribution in [1.82, 2.24) is 10.6 Å². The van der Waals surface area contributed by atoms with Crippen molar-refractivity contribution < 1.29 is 14.3 Å². The zero-order valence-electron chi connectivity index (χ0n) is 17.9. The zero-order chi connectivity index (χ0) is 21.3. The van der Waals surface area contributed by atoms with E-state index in [2.05, 4.69) is 35.8 Å². The van der Waals surface area contributed by atoms with Crippen LogP contribution in [0.5, 0.6) is 5.75 Å². The van der Waals surface area contributed by atoms with Gasteiger partial charge in [0.25, 0.3) is 5.91 Å². The molecule has 3 rings (SSSR count). The van der Waals surface area contributed by atoms with Crippen molar-refractivity contribution in [2.45, 2.75) is 64.5 Å². The number of hydrogen-bond acceptors (Lipinski definition) is 3. The molecule has 0 spiro atoms. The number of ether oxygens (including phenoxy) is 1. The van der Waals surface area contributed by atoms with E-state index in [1.54, 1.807) is 31.2 Å². The molecule has 2 amide bonds. The van der Waals surface area contributed by atoms with Crippen LogP contribution in [0, 0.1) is 0 Å². The molecular weight excluding hydrogens is 376 g/mol. The Bertz CT molecular complexity index is 848. The molecule has 2 aromatic rings.